The van der Waals surface area contributed by atoms with E-state index in [0.717, 1.165) is 29.2 Å². The number of aromatic nitrogens is 1. The molecule has 2 rings (SSSR count). The van der Waals surface area contributed by atoms with Gasteiger partial charge in [0.1, 0.15) is 4.84 Å². The van der Waals surface area contributed by atoms with Crippen molar-refractivity contribution in [3.05, 3.63) is 35.5 Å². The molecule has 0 spiro atoms. The molecule has 1 N–H and O–H groups in total. The molecule has 1 heterocycles. The fourth-order valence-electron chi connectivity index (χ4n) is 1.85. The van der Waals surface area contributed by atoms with Gasteiger partial charge in [-0.25, -0.2) is 0 Å². The number of carbonyl (C=O) groups is 1. The fourth-order valence-corrected chi connectivity index (χ4v) is 2.07. The van der Waals surface area contributed by atoms with Crippen molar-refractivity contribution in [2.75, 3.05) is 0 Å². The van der Waals surface area contributed by atoms with Crippen LogP contribution in [0.1, 0.15) is 22.3 Å². The van der Waals surface area contributed by atoms with Crippen molar-refractivity contribution >= 4 is 40.4 Å². The number of fused-ring (bicyclic) bond motifs is 1. The van der Waals surface area contributed by atoms with E-state index < -0.39 is 0 Å². The maximum atomic E-state index is 10.9. The van der Waals surface area contributed by atoms with Crippen molar-refractivity contribution in [2.24, 2.45) is 0 Å². The number of H-pyrrole nitrogens is 1. The van der Waals surface area contributed by atoms with Crippen molar-refractivity contribution in [1.29, 1.82) is 0 Å². The fraction of sp³-hybridized carbons (Fsp3) is 0.250. The summed E-state index contributed by atoms with van der Waals surface area (Å²) in [5.74, 6) is 0. The Hall–Kier alpha value is -0.990. The molecule has 84 valence electrons. The van der Waals surface area contributed by atoms with Crippen molar-refractivity contribution < 1.29 is 4.79 Å². The number of nitrogens with one attached hydrogen (secondary N) is 1. The van der Waals surface area contributed by atoms with Crippen LogP contribution >= 0.6 is 23.2 Å². The normalized spacial score (nSPS) is 11.2. The summed E-state index contributed by atoms with van der Waals surface area (Å²) >= 11 is 11.4. The third-order valence-electron chi connectivity index (χ3n) is 2.58. The molecule has 4 heteroatoms. The Labute approximate surface area is 104 Å². The topological polar surface area (TPSA) is 32.9 Å². The van der Waals surface area contributed by atoms with Gasteiger partial charge < -0.3 is 4.98 Å². The lowest BCUT2D eigenvalue weighted by atomic mass is 10.0. The number of alkyl halides is 2. The van der Waals surface area contributed by atoms with Crippen LogP contribution in [-0.4, -0.2) is 16.1 Å². The maximum absolute atomic E-state index is 10.9. The molecular weight excluding hydrogens is 245 g/mol. The number of carbonyl (C=O) groups excluding carboxylic acids is 1. The minimum atomic E-state index is -0.367. The highest BCUT2D eigenvalue weighted by molar-refractivity contribution is 6.44. The van der Waals surface area contributed by atoms with E-state index in [9.17, 15) is 4.79 Å². The second-order valence-corrected chi connectivity index (χ2v) is 4.91. The number of aldehydes is 1. The van der Waals surface area contributed by atoms with Crippen molar-refractivity contribution in [3.8, 4) is 0 Å². The minimum Gasteiger partial charge on any atom is -0.360 e. The van der Waals surface area contributed by atoms with Crippen molar-refractivity contribution in [2.45, 2.75) is 17.7 Å². The van der Waals surface area contributed by atoms with Gasteiger partial charge in [-0.3, -0.25) is 4.79 Å². The zero-order chi connectivity index (χ0) is 11.5. The molecule has 0 saturated heterocycles. The number of hydrogen-bond donors (Lipinski definition) is 1. The summed E-state index contributed by atoms with van der Waals surface area (Å²) in [7, 11) is 0. The number of rotatable bonds is 4. The highest BCUT2D eigenvalue weighted by Crippen LogP contribution is 2.24. The van der Waals surface area contributed by atoms with Crippen LogP contribution in [0, 0.1) is 0 Å². The van der Waals surface area contributed by atoms with E-state index in [1.54, 1.807) is 6.20 Å². The van der Waals surface area contributed by atoms with E-state index in [2.05, 4.69) is 4.98 Å². The Morgan fingerprint density at radius 1 is 1.38 bits per heavy atom. The van der Waals surface area contributed by atoms with E-state index in [4.69, 9.17) is 23.2 Å². The van der Waals surface area contributed by atoms with Crippen LogP contribution in [0.3, 0.4) is 0 Å². The molecule has 1 aromatic carbocycles. The second-order valence-electron chi connectivity index (χ2n) is 3.63. The summed E-state index contributed by atoms with van der Waals surface area (Å²) in [6.45, 7) is 0. The Kier molecular flexibility index (Phi) is 3.52. The van der Waals surface area contributed by atoms with Crippen LogP contribution in [0.4, 0.5) is 0 Å². The molecule has 0 fully saturated rings. The SMILES string of the molecule is O=Cc1c[nH]c2cccc(CCC(Cl)Cl)c12. The lowest BCUT2D eigenvalue weighted by molar-refractivity contribution is 0.112. The number of benzene rings is 1. The van der Waals surface area contributed by atoms with Gasteiger partial charge in [0.2, 0.25) is 0 Å². The van der Waals surface area contributed by atoms with Gasteiger partial charge in [-0.15, -0.1) is 23.2 Å². The molecule has 16 heavy (non-hydrogen) atoms. The summed E-state index contributed by atoms with van der Waals surface area (Å²) in [5.41, 5.74) is 2.76. The molecule has 0 amide bonds. The van der Waals surface area contributed by atoms with Crippen LogP contribution in [0.2, 0.25) is 0 Å². The Morgan fingerprint density at radius 3 is 2.88 bits per heavy atom. The molecule has 1 aromatic heterocycles. The van der Waals surface area contributed by atoms with Crippen LogP contribution in [0.15, 0.2) is 24.4 Å². The first kappa shape index (κ1) is 11.5. The summed E-state index contributed by atoms with van der Waals surface area (Å²) in [6, 6.07) is 5.91. The van der Waals surface area contributed by atoms with Crippen LogP contribution in [0.5, 0.6) is 0 Å². The van der Waals surface area contributed by atoms with E-state index in [1.165, 1.54) is 0 Å². The molecule has 0 aliphatic rings. The monoisotopic (exact) mass is 255 g/mol. The summed E-state index contributed by atoms with van der Waals surface area (Å²) < 4.78 is 0. The third-order valence-corrected chi connectivity index (χ3v) is 3.02. The highest BCUT2D eigenvalue weighted by atomic mass is 35.5. The quantitative estimate of drug-likeness (QED) is 0.656. The van der Waals surface area contributed by atoms with E-state index in [1.807, 2.05) is 18.2 Å². The summed E-state index contributed by atoms with van der Waals surface area (Å²) in [6.07, 6.45) is 4.04. The Balaban J connectivity index is 2.42. The van der Waals surface area contributed by atoms with Crippen molar-refractivity contribution in [1.82, 2.24) is 4.98 Å². The lowest BCUT2D eigenvalue weighted by Gasteiger charge is -2.04. The van der Waals surface area contributed by atoms with Gasteiger partial charge in [0.15, 0.2) is 6.29 Å². The molecule has 0 saturated carbocycles. The van der Waals surface area contributed by atoms with Crippen LogP contribution in [0.25, 0.3) is 10.9 Å². The maximum Gasteiger partial charge on any atom is 0.152 e. The average Bonchev–Trinajstić information content (AvgIpc) is 2.69. The second kappa shape index (κ2) is 4.89. The van der Waals surface area contributed by atoms with Gasteiger partial charge in [0.05, 0.1) is 0 Å². The van der Waals surface area contributed by atoms with Crippen molar-refractivity contribution in [3.63, 3.8) is 0 Å². The first-order valence-electron chi connectivity index (χ1n) is 5.04. The van der Waals surface area contributed by atoms with Gasteiger partial charge in [-0.1, -0.05) is 12.1 Å². The summed E-state index contributed by atoms with van der Waals surface area (Å²) in [4.78, 5) is 13.6. The average molecular weight is 256 g/mol. The largest absolute Gasteiger partial charge is 0.360 e. The molecule has 0 radical (unpaired) electrons. The summed E-state index contributed by atoms with van der Waals surface area (Å²) in [5, 5.41) is 0.978. The predicted molar refractivity (Wildman–Crippen MR) is 67.5 cm³/mol. The zero-order valence-corrected chi connectivity index (χ0v) is 10.1. The van der Waals surface area contributed by atoms with Gasteiger partial charge in [-0.05, 0) is 24.5 Å². The van der Waals surface area contributed by atoms with Gasteiger partial charge in [0, 0.05) is 22.7 Å². The van der Waals surface area contributed by atoms with E-state index >= 15 is 0 Å². The third kappa shape index (κ3) is 2.23. The molecule has 0 aliphatic heterocycles. The molecular formula is C12H11Cl2NO. The standard InChI is InChI=1S/C12H11Cl2NO/c13-11(14)5-4-8-2-1-3-10-12(8)9(7-16)6-15-10/h1-3,6-7,11,15H,4-5H2. The minimum absolute atomic E-state index is 0.367. The molecule has 0 aliphatic carbocycles. The number of aromatic amines is 1. The smallest absolute Gasteiger partial charge is 0.152 e. The first-order chi connectivity index (χ1) is 7.72. The zero-order valence-electron chi connectivity index (χ0n) is 8.54. The lowest BCUT2D eigenvalue weighted by Crippen LogP contribution is -1.93. The molecule has 2 aromatic rings. The Bertz CT molecular complexity index is 505. The Morgan fingerprint density at radius 2 is 2.19 bits per heavy atom. The highest BCUT2D eigenvalue weighted by Gasteiger charge is 2.08. The van der Waals surface area contributed by atoms with Gasteiger partial charge >= 0.3 is 0 Å². The van der Waals surface area contributed by atoms with Gasteiger partial charge in [-0.2, -0.15) is 0 Å². The number of hydrogen-bond acceptors (Lipinski definition) is 1. The number of aryl methyl sites for hydroxylation is 1. The van der Waals surface area contributed by atoms with Crippen LogP contribution < -0.4 is 0 Å². The van der Waals surface area contributed by atoms with E-state index in [-0.39, 0.29) is 4.84 Å². The molecule has 0 bridgehead atoms. The molecule has 0 unspecified atom stereocenters. The molecule has 2 nitrogen and oxygen atoms in total. The predicted octanol–water partition coefficient (Wildman–Crippen LogP) is 3.72. The number of halogens is 2. The molecule has 0 atom stereocenters. The van der Waals surface area contributed by atoms with E-state index in [0.29, 0.717) is 12.0 Å². The van der Waals surface area contributed by atoms with Crippen LogP contribution in [-0.2, 0) is 6.42 Å². The van der Waals surface area contributed by atoms with Gasteiger partial charge in [0.25, 0.3) is 0 Å². The first-order valence-corrected chi connectivity index (χ1v) is 5.92.